The van der Waals surface area contributed by atoms with Crippen molar-refractivity contribution in [2.24, 2.45) is 0 Å². The fourth-order valence-electron chi connectivity index (χ4n) is 12.9. The minimum absolute atomic E-state index is 0.00677. The molecule has 0 aliphatic carbocycles. The Morgan fingerprint density at radius 1 is 0.389 bits per heavy atom. The molecule has 1 amide bonds. The Morgan fingerprint density at radius 2 is 0.716 bits per heavy atom. The third kappa shape index (κ3) is 61.0. The summed E-state index contributed by atoms with van der Waals surface area (Å²) in [5, 5.41) is 54.5. The Bertz CT molecular complexity index is 1770. The molecular weight excluding hydrogens is 1180 g/mol. The predicted octanol–water partition coefficient (Wildman–Crippen LogP) is 22.4. The molecule has 95 heavy (non-hydrogen) atoms. The van der Waals surface area contributed by atoms with Crippen LogP contribution in [0.1, 0.15) is 399 Å². The molecule has 556 valence electrons. The lowest BCUT2D eigenvalue weighted by Crippen LogP contribution is -2.60. The second kappa shape index (κ2) is 72.6. The number of rotatable bonds is 73. The maximum atomic E-state index is 13.1. The Hall–Kier alpha value is -2.64. The molecule has 0 saturated carbocycles. The van der Waals surface area contributed by atoms with E-state index in [0.717, 1.165) is 64.2 Å². The van der Waals surface area contributed by atoms with Crippen LogP contribution in [0.4, 0.5) is 0 Å². The number of hydrogen-bond acceptors (Lipinski definition) is 10. The van der Waals surface area contributed by atoms with Gasteiger partial charge in [0.05, 0.1) is 32.0 Å². The Balaban J connectivity index is 1.90. The standard InChI is InChI=1S/C84H155NO10/c1-3-5-7-9-11-13-15-17-43-48-52-56-60-64-68-72-80(89)93-73-69-65-61-57-53-49-45-42-40-38-36-34-32-30-28-26-24-22-20-18-19-21-23-25-27-29-31-33-35-37-39-41-44-47-51-55-59-63-67-71-79(88)85-76(75-94-84-83(92)82(91)81(90)78(74-86)95-84)77(87)70-66-62-58-54-50-46-16-14-12-10-8-6-4-2/h17-19,22,24,43,50,54,66,70,76-78,81-84,86-87,90-92H,3-16,20-21,23,25-42,44-49,51-53,55-65,67-69,71-75H2,1-2H3,(H,85,88)/b19-18-,24-22-,43-17-,54-50+,70-66+. The highest BCUT2D eigenvalue weighted by Crippen LogP contribution is 2.24. The Kier molecular flexibility index (Phi) is 69.1. The Morgan fingerprint density at radius 3 is 1.11 bits per heavy atom. The number of carbonyl (C=O) groups excluding carboxylic acids is 2. The molecule has 11 heteroatoms. The lowest BCUT2D eigenvalue weighted by molar-refractivity contribution is -0.302. The van der Waals surface area contributed by atoms with Gasteiger partial charge < -0.3 is 45.1 Å². The smallest absolute Gasteiger partial charge is 0.305 e. The summed E-state index contributed by atoms with van der Waals surface area (Å²) in [6.07, 6.45) is 88.4. The fraction of sp³-hybridized carbons (Fsp3) is 0.857. The minimum Gasteiger partial charge on any atom is -0.466 e. The van der Waals surface area contributed by atoms with Gasteiger partial charge in [0.2, 0.25) is 5.91 Å². The first-order valence-corrected chi connectivity index (χ1v) is 41.1. The molecule has 0 spiro atoms. The van der Waals surface area contributed by atoms with Crippen molar-refractivity contribution >= 4 is 11.9 Å². The topological polar surface area (TPSA) is 175 Å². The van der Waals surface area contributed by atoms with Crippen LogP contribution in [0.25, 0.3) is 0 Å². The van der Waals surface area contributed by atoms with Crippen molar-refractivity contribution in [2.45, 2.75) is 442 Å². The van der Waals surface area contributed by atoms with Crippen molar-refractivity contribution < 1.29 is 49.3 Å². The molecule has 1 heterocycles. The first-order chi connectivity index (χ1) is 46.7. The van der Waals surface area contributed by atoms with Crippen molar-refractivity contribution in [1.82, 2.24) is 5.32 Å². The van der Waals surface area contributed by atoms with E-state index >= 15 is 0 Å². The van der Waals surface area contributed by atoms with Crippen LogP contribution in [0.3, 0.4) is 0 Å². The molecule has 7 atom stereocenters. The number of esters is 1. The molecule has 0 aromatic heterocycles. The summed E-state index contributed by atoms with van der Waals surface area (Å²) in [5.74, 6) is -0.181. The number of hydrogen-bond donors (Lipinski definition) is 6. The number of amides is 1. The van der Waals surface area contributed by atoms with Crippen molar-refractivity contribution in [1.29, 1.82) is 0 Å². The minimum atomic E-state index is -1.58. The van der Waals surface area contributed by atoms with Crippen LogP contribution < -0.4 is 5.32 Å². The molecule has 0 aromatic carbocycles. The van der Waals surface area contributed by atoms with Crippen molar-refractivity contribution in [3.05, 3.63) is 60.8 Å². The summed E-state index contributed by atoms with van der Waals surface area (Å²) in [4.78, 5) is 25.2. The van der Waals surface area contributed by atoms with E-state index < -0.39 is 49.5 Å². The van der Waals surface area contributed by atoms with Crippen LogP contribution >= 0.6 is 0 Å². The van der Waals surface area contributed by atoms with Gasteiger partial charge in [-0.15, -0.1) is 0 Å². The monoisotopic (exact) mass is 1340 g/mol. The second-order valence-electron chi connectivity index (χ2n) is 28.5. The number of allylic oxidation sites excluding steroid dienone is 9. The average molecular weight is 1340 g/mol. The summed E-state index contributed by atoms with van der Waals surface area (Å²) in [7, 11) is 0. The van der Waals surface area contributed by atoms with Crippen LogP contribution in [0.15, 0.2) is 60.8 Å². The van der Waals surface area contributed by atoms with E-state index in [-0.39, 0.29) is 18.5 Å². The zero-order valence-electron chi connectivity index (χ0n) is 62.1. The molecule has 1 aliphatic heterocycles. The van der Waals surface area contributed by atoms with Gasteiger partial charge in [-0.05, 0) is 103 Å². The summed E-state index contributed by atoms with van der Waals surface area (Å²) >= 11 is 0. The number of nitrogens with one attached hydrogen (secondary N) is 1. The number of aliphatic hydroxyl groups excluding tert-OH is 5. The molecule has 0 aromatic rings. The molecule has 1 saturated heterocycles. The lowest BCUT2D eigenvalue weighted by Gasteiger charge is -2.40. The summed E-state index contributed by atoms with van der Waals surface area (Å²) in [6, 6.07) is -0.826. The quantitative estimate of drug-likeness (QED) is 0.0195. The normalized spacial score (nSPS) is 17.7. The van der Waals surface area contributed by atoms with Crippen LogP contribution in [0.2, 0.25) is 0 Å². The maximum Gasteiger partial charge on any atom is 0.305 e. The summed E-state index contributed by atoms with van der Waals surface area (Å²) < 4.78 is 16.8. The molecule has 0 bridgehead atoms. The third-order valence-electron chi connectivity index (χ3n) is 19.3. The van der Waals surface area contributed by atoms with E-state index in [1.165, 1.54) is 308 Å². The highest BCUT2D eigenvalue weighted by atomic mass is 16.7. The molecule has 11 nitrogen and oxygen atoms in total. The van der Waals surface area contributed by atoms with E-state index in [1.807, 2.05) is 6.08 Å². The molecule has 1 rings (SSSR count). The number of ether oxygens (including phenoxy) is 3. The van der Waals surface area contributed by atoms with Gasteiger partial charge in [0.15, 0.2) is 6.29 Å². The second-order valence-corrected chi connectivity index (χ2v) is 28.5. The molecule has 7 unspecified atom stereocenters. The summed E-state index contributed by atoms with van der Waals surface area (Å²) in [5.41, 5.74) is 0. The highest BCUT2D eigenvalue weighted by Gasteiger charge is 2.44. The molecule has 1 aliphatic rings. The van der Waals surface area contributed by atoms with Gasteiger partial charge in [-0.2, -0.15) is 0 Å². The number of unbranched alkanes of at least 4 members (excludes halogenated alkanes) is 51. The van der Waals surface area contributed by atoms with E-state index in [9.17, 15) is 35.1 Å². The Labute approximate surface area is 586 Å². The molecule has 0 radical (unpaired) electrons. The largest absolute Gasteiger partial charge is 0.466 e. The zero-order chi connectivity index (χ0) is 68.6. The van der Waals surface area contributed by atoms with Gasteiger partial charge >= 0.3 is 5.97 Å². The van der Waals surface area contributed by atoms with E-state index in [1.54, 1.807) is 6.08 Å². The lowest BCUT2D eigenvalue weighted by atomic mass is 9.99. The van der Waals surface area contributed by atoms with Gasteiger partial charge in [-0.1, -0.05) is 344 Å². The first-order valence-electron chi connectivity index (χ1n) is 41.1. The number of carbonyl (C=O) groups is 2. The van der Waals surface area contributed by atoms with Gasteiger partial charge in [0.1, 0.15) is 24.4 Å². The van der Waals surface area contributed by atoms with Crippen molar-refractivity contribution in [3.8, 4) is 0 Å². The zero-order valence-corrected chi connectivity index (χ0v) is 62.1. The first kappa shape index (κ1) is 90.4. The van der Waals surface area contributed by atoms with Gasteiger partial charge in [-0.25, -0.2) is 0 Å². The van der Waals surface area contributed by atoms with Crippen LogP contribution in [-0.2, 0) is 23.8 Å². The molecular formula is C84H155NO10. The average Bonchev–Trinajstić information content (AvgIpc) is 0.836. The fourth-order valence-corrected chi connectivity index (χ4v) is 12.9. The molecule has 6 N–H and O–H groups in total. The van der Waals surface area contributed by atoms with Gasteiger partial charge in [0, 0.05) is 12.8 Å². The van der Waals surface area contributed by atoms with Crippen molar-refractivity contribution in [3.63, 3.8) is 0 Å². The van der Waals surface area contributed by atoms with Crippen molar-refractivity contribution in [2.75, 3.05) is 19.8 Å². The number of aliphatic hydroxyl groups is 5. The molecule has 1 fully saturated rings. The van der Waals surface area contributed by atoms with Crippen LogP contribution in [0.5, 0.6) is 0 Å². The van der Waals surface area contributed by atoms with E-state index in [0.29, 0.717) is 19.4 Å². The van der Waals surface area contributed by atoms with E-state index in [4.69, 9.17) is 14.2 Å². The third-order valence-corrected chi connectivity index (χ3v) is 19.3. The maximum absolute atomic E-state index is 13.1. The SMILES string of the molecule is CCCCCCCC/C=C\CCCCCCCC(=O)OCCCCCCCCCCCCCCCCC/C=C\C/C=C\CCCCCCCCCCCCCCCCCCCC(=O)NC(COC1OC(CO)C(O)C(O)C1O)C(O)/C=C/CC/C=C/CCCCCCCCC. The van der Waals surface area contributed by atoms with Gasteiger partial charge in [-0.3, -0.25) is 9.59 Å². The predicted molar refractivity (Wildman–Crippen MR) is 403 cm³/mol. The van der Waals surface area contributed by atoms with Gasteiger partial charge in [0.25, 0.3) is 0 Å². The van der Waals surface area contributed by atoms with Crippen LogP contribution in [0, 0.1) is 0 Å². The highest BCUT2D eigenvalue weighted by molar-refractivity contribution is 5.76. The van der Waals surface area contributed by atoms with Crippen LogP contribution in [-0.4, -0.2) is 100 Å². The summed E-state index contributed by atoms with van der Waals surface area (Å²) in [6.45, 7) is 4.36. The van der Waals surface area contributed by atoms with E-state index in [2.05, 4.69) is 67.8 Å².